The third-order valence-electron chi connectivity index (χ3n) is 5.71. The molecule has 4 rings (SSSR count). The molecule has 5 N–H and O–H groups in total. The first kappa shape index (κ1) is 29.9. The van der Waals surface area contributed by atoms with E-state index in [0.29, 0.717) is 40.0 Å². The zero-order valence-corrected chi connectivity index (χ0v) is 22.1. The molecule has 2 heterocycles. The predicted molar refractivity (Wildman–Crippen MR) is 146 cm³/mol. The van der Waals surface area contributed by atoms with Gasteiger partial charge in [-0.05, 0) is 42.7 Å². The summed E-state index contributed by atoms with van der Waals surface area (Å²) < 4.78 is 31.7. The lowest BCUT2D eigenvalue weighted by Gasteiger charge is -2.18. The molecule has 1 unspecified atom stereocenters. The smallest absolute Gasteiger partial charge is 0.475 e. The van der Waals surface area contributed by atoms with Gasteiger partial charge in [-0.15, -0.1) is 0 Å². The highest BCUT2D eigenvalue weighted by Crippen LogP contribution is 2.28. The number of halogens is 5. The molecular weight excluding hydrogens is 560 g/mol. The standard InChI is InChI=1S/C24H24Cl2N4O2.C2HF3O2/c1-2-5-14(12-27-23-11-22(31)16-6-3-4-7-19(16)30-23)13-28-24(32)21-10-17-18(26)8-15(25)9-20(17)29-21;3-2(4,5)1(6)7/h3-4,6-11,14,29H,2,5,12-13H2,1H3,(H,28,32)(H2,27,30,31);(H,6,7). The van der Waals surface area contributed by atoms with E-state index < -0.39 is 12.1 Å². The largest absolute Gasteiger partial charge is 0.490 e. The van der Waals surface area contributed by atoms with Gasteiger partial charge in [0.15, 0.2) is 5.43 Å². The molecule has 0 radical (unpaired) electrons. The SMILES string of the molecule is CCCC(CNC(=O)c1cc2c(Cl)cc(Cl)cc2[nH]1)CNc1cc(=O)c2ccccc2[nH]1.O=C(O)C(F)(F)F. The number of amides is 1. The Bertz CT molecular complexity index is 1540. The number of carbonyl (C=O) groups excluding carboxylic acids is 1. The minimum Gasteiger partial charge on any atom is -0.475 e. The van der Waals surface area contributed by atoms with Gasteiger partial charge in [0.25, 0.3) is 5.91 Å². The van der Waals surface area contributed by atoms with Gasteiger partial charge in [0.1, 0.15) is 11.5 Å². The van der Waals surface area contributed by atoms with E-state index in [4.69, 9.17) is 33.1 Å². The summed E-state index contributed by atoms with van der Waals surface area (Å²) in [4.78, 5) is 40.2. The van der Waals surface area contributed by atoms with Crippen molar-refractivity contribution in [2.75, 3.05) is 18.4 Å². The fourth-order valence-corrected chi connectivity index (χ4v) is 4.39. The van der Waals surface area contributed by atoms with Crippen molar-refractivity contribution in [2.45, 2.75) is 25.9 Å². The first-order valence-electron chi connectivity index (χ1n) is 11.8. The van der Waals surface area contributed by atoms with E-state index in [-0.39, 0.29) is 17.3 Å². The quantitative estimate of drug-likeness (QED) is 0.168. The average Bonchev–Trinajstić information content (AvgIpc) is 3.30. The van der Waals surface area contributed by atoms with Crippen LogP contribution in [-0.4, -0.2) is 46.2 Å². The average molecular weight is 585 g/mol. The molecule has 1 amide bonds. The molecule has 8 nitrogen and oxygen atoms in total. The molecule has 0 fully saturated rings. The van der Waals surface area contributed by atoms with Gasteiger partial charge in [-0.2, -0.15) is 13.2 Å². The van der Waals surface area contributed by atoms with Crippen LogP contribution in [0.3, 0.4) is 0 Å². The fourth-order valence-electron chi connectivity index (χ4n) is 3.85. The first-order chi connectivity index (χ1) is 18.4. The predicted octanol–water partition coefficient (Wildman–Crippen LogP) is 6.21. The molecule has 0 spiro atoms. The Balaban J connectivity index is 0.000000532. The highest BCUT2D eigenvalue weighted by Gasteiger charge is 2.38. The summed E-state index contributed by atoms with van der Waals surface area (Å²) in [5, 5.41) is 15.9. The maximum Gasteiger partial charge on any atom is 0.490 e. The molecule has 4 aromatic rings. The number of rotatable bonds is 8. The number of alkyl halides is 3. The van der Waals surface area contributed by atoms with E-state index in [1.807, 2.05) is 18.2 Å². The molecule has 0 aliphatic rings. The molecule has 2 aromatic carbocycles. The number of carboxylic acid groups (broad SMARTS) is 1. The minimum atomic E-state index is -5.08. The third-order valence-corrected chi connectivity index (χ3v) is 6.24. The van der Waals surface area contributed by atoms with Gasteiger partial charge >= 0.3 is 12.1 Å². The molecule has 2 aromatic heterocycles. The van der Waals surface area contributed by atoms with Crippen molar-refractivity contribution in [3.8, 4) is 0 Å². The number of para-hydroxylation sites is 1. The molecule has 0 saturated heterocycles. The van der Waals surface area contributed by atoms with Gasteiger partial charge in [0.2, 0.25) is 0 Å². The van der Waals surface area contributed by atoms with E-state index in [9.17, 15) is 22.8 Å². The highest BCUT2D eigenvalue weighted by atomic mass is 35.5. The molecule has 0 saturated carbocycles. The summed E-state index contributed by atoms with van der Waals surface area (Å²) in [6, 6.07) is 14.1. The van der Waals surface area contributed by atoms with Crippen LogP contribution >= 0.6 is 23.2 Å². The van der Waals surface area contributed by atoms with Gasteiger partial charge in [0.05, 0.1) is 10.5 Å². The Labute approximate surface area is 230 Å². The number of carboxylic acids is 1. The van der Waals surface area contributed by atoms with Crippen LogP contribution in [0.4, 0.5) is 19.0 Å². The lowest BCUT2D eigenvalue weighted by atomic mass is 10.0. The summed E-state index contributed by atoms with van der Waals surface area (Å²) in [7, 11) is 0. The number of pyridine rings is 1. The van der Waals surface area contributed by atoms with Crippen LogP contribution in [-0.2, 0) is 4.79 Å². The number of aromatic amines is 2. The molecule has 208 valence electrons. The van der Waals surface area contributed by atoms with Crippen LogP contribution in [0.2, 0.25) is 10.0 Å². The van der Waals surface area contributed by atoms with Crippen molar-refractivity contribution in [1.82, 2.24) is 15.3 Å². The zero-order chi connectivity index (χ0) is 28.7. The number of hydrogen-bond donors (Lipinski definition) is 5. The van der Waals surface area contributed by atoms with Crippen molar-refractivity contribution >= 4 is 62.7 Å². The lowest BCUT2D eigenvalue weighted by Crippen LogP contribution is -2.32. The Morgan fingerprint density at radius 2 is 1.69 bits per heavy atom. The second-order valence-electron chi connectivity index (χ2n) is 8.67. The van der Waals surface area contributed by atoms with E-state index in [0.717, 1.165) is 29.3 Å². The van der Waals surface area contributed by atoms with Gasteiger partial charge < -0.3 is 25.7 Å². The van der Waals surface area contributed by atoms with Crippen LogP contribution in [0.25, 0.3) is 21.8 Å². The van der Waals surface area contributed by atoms with Gasteiger partial charge in [-0.1, -0.05) is 48.7 Å². The number of carbonyl (C=O) groups is 2. The fraction of sp³-hybridized carbons (Fsp3) is 0.269. The minimum absolute atomic E-state index is 0.0280. The maximum atomic E-state index is 12.7. The van der Waals surface area contributed by atoms with Crippen molar-refractivity contribution in [2.24, 2.45) is 5.92 Å². The van der Waals surface area contributed by atoms with E-state index in [2.05, 4.69) is 27.5 Å². The number of H-pyrrole nitrogens is 2. The molecular formula is C26H25Cl2F3N4O4. The van der Waals surface area contributed by atoms with E-state index in [1.165, 1.54) is 0 Å². The summed E-state index contributed by atoms with van der Waals surface area (Å²) >= 11 is 12.3. The van der Waals surface area contributed by atoms with Crippen LogP contribution in [0.15, 0.2) is 53.3 Å². The zero-order valence-electron chi connectivity index (χ0n) is 20.6. The van der Waals surface area contributed by atoms with Crippen LogP contribution < -0.4 is 16.1 Å². The number of aliphatic carboxylic acids is 1. The second-order valence-corrected chi connectivity index (χ2v) is 9.52. The topological polar surface area (TPSA) is 127 Å². The second kappa shape index (κ2) is 12.9. The van der Waals surface area contributed by atoms with Crippen molar-refractivity contribution in [1.29, 1.82) is 0 Å². The highest BCUT2D eigenvalue weighted by molar-refractivity contribution is 6.38. The molecule has 0 aliphatic carbocycles. The van der Waals surface area contributed by atoms with Crippen LogP contribution in [0.5, 0.6) is 0 Å². The number of anilines is 1. The normalized spacial score (nSPS) is 12.1. The van der Waals surface area contributed by atoms with Gasteiger partial charge in [-0.25, -0.2) is 4.79 Å². The monoisotopic (exact) mass is 584 g/mol. The molecule has 0 bridgehead atoms. The van der Waals surface area contributed by atoms with E-state index in [1.54, 1.807) is 30.3 Å². The number of nitrogens with one attached hydrogen (secondary N) is 4. The third kappa shape index (κ3) is 8.14. The van der Waals surface area contributed by atoms with Crippen molar-refractivity contribution < 1.29 is 27.9 Å². The molecule has 13 heteroatoms. The number of aromatic nitrogens is 2. The number of hydrogen-bond acceptors (Lipinski definition) is 4. The molecule has 0 aliphatic heterocycles. The number of benzene rings is 2. The van der Waals surface area contributed by atoms with E-state index >= 15 is 0 Å². The van der Waals surface area contributed by atoms with Crippen LogP contribution in [0, 0.1) is 5.92 Å². The van der Waals surface area contributed by atoms with Gasteiger partial charge in [-0.3, -0.25) is 9.59 Å². The Morgan fingerprint density at radius 1 is 1.00 bits per heavy atom. The summed E-state index contributed by atoms with van der Waals surface area (Å²) in [6.07, 6.45) is -3.17. The lowest BCUT2D eigenvalue weighted by molar-refractivity contribution is -0.192. The summed E-state index contributed by atoms with van der Waals surface area (Å²) in [5.41, 5.74) is 1.92. The summed E-state index contributed by atoms with van der Waals surface area (Å²) in [5.74, 6) is -2.09. The Morgan fingerprint density at radius 3 is 2.36 bits per heavy atom. The summed E-state index contributed by atoms with van der Waals surface area (Å²) in [6.45, 7) is 3.23. The van der Waals surface area contributed by atoms with Crippen LogP contribution in [0.1, 0.15) is 30.3 Å². The Hall–Kier alpha value is -3.70. The Kier molecular flexibility index (Phi) is 9.87. The first-order valence-corrected chi connectivity index (χ1v) is 12.6. The molecule has 1 atom stereocenters. The van der Waals surface area contributed by atoms with Gasteiger partial charge in [0, 0.05) is 40.5 Å². The van der Waals surface area contributed by atoms with Crippen molar-refractivity contribution in [3.05, 3.63) is 74.5 Å². The maximum absolute atomic E-state index is 12.7. The van der Waals surface area contributed by atoms with Crippen molar-refractivity contribution in [3.63, 3.8) is 0 Å². The number of fused-ring (bicyclic) bond motifs is 2. The molecule has 39 heavy (non-hydrogen) atoms.